The number of ether oxygens (including phenoxy) is 4. The van der Waals surface area contributed by atoms with Crippen LogP contribution in [0, 0.1) is 10.8 Å². The summed E-state index contributed by atoms with van der Waals surface area (Å²) < 4.78 is 22.3. The Balaban J connectivity index is 1.95. The molecule has 0 bridgehead atoms. The molecule has 1 unspecified atom stereocenters. The largest absolute Gasteiger partial charge is 0.496 e. The first-order valence-corrected chi connectivity index (χ1v) is 14.9. The van der Waals surface area contributed by atoms with Crippen molar-refractivity contribution in [1.82, 2.24) is 10.2 Å². The highest BCUT2D eigenvalue weighted by Gasteiger charge is 2.53. The standard InChI is InChI=1S/C35H48N2O7/c1-11-13-16-34(6,7)22-44-32(40)36-29(33(3,4)5)30(38)37-21-35(43-10,20-27(37)31(39)42-9)26-15-14-24-19-28(41-8)23(12-2)17-25(24)18-26/h11-12,14-15,17-19,27,29H,1-2,13,16,20-22H2,3-10H3,(H,36,40)/t27-,29?,35-/m0/s1. The van der Waals surface area contributed by atoms with E-state index < -0.39 is 41.1 Å². The number of alkyl carbamates (subject to hydrolysis) is 1. The van der Waals surface area contributed by atoms with E-state index in [9.17, 15) is 14.4 Å². The molecule has 0 saturated carbocycles. The summed E-state index contributed by atoms with van der Waals surface area (Å²) in [5.41, 5.74) is -0.314. The van der Waals surface area contributed by atoms with Gasteiger partial charge in [0.1, 0.15) is 23.4 Å². The van der Waals surface area contributed by atoms with Crippen LogP contribution in [0.1, 0.15) is 65.0 Å². The third kappa shape index (κ3) is 7.62. The minimum Gasteiger partial charge on any atom is -0.496 e. The molecule has 0 aliphatic carbocycles. The van der Waals surface area contributed by atoms with Crippen molar-refractivity contribution in [3.05, 3.63) is 60.7 Å². The summed E-state index contributed by atoms with van der Waals surface area (Å²) in [5, 5.41) is 4.68. The maximum atomic E-state index is 14.3. The highest BCUT2D eigenvalue weighted by Crippen LogP contribution is 2.42. The SMILES string of the molecule is C=CCCC(C)(C)COC(=O)NC(C(=O)N1C[C@](OC)(c2ccc3cc(OC)c(C=C)cc3c2)C[C@H]1C(=O)OC)C(C)(C)C. The third-order valence-electron chi connectivity index (χ3n) is 8.40. The molecule has 2 aromatic carbocycles. The molecule has 3 atom stereocenters. The van der Waals surface area contributed by atoms with Crippen LogP contribution in [-0.2, 0) is 29.4 Å². The van der Waals surface area contributed by atoms with Gasteiger partial charge in [0.2, 0.25) is 5.91 Å². The van der Waals surface area contributed by atoms with Crippen molar-refractivity contribution in [2.75, 3.05) is 34.5 Å². The van der Waals surface area contributed by atoms with Crippen LogP contribution in [0.2, 0.25) is 0 Å². The number of allylic oxidation sites excluding steroid dienone is 1. The predicted molar refractivity (Wildman–Crippen MR) is 172 cm³/mol. The molecular weight excluding hydrogens is 560 g/mol. The Kier molecular flexibility index (Phi) is 10.9. The number of nitrogens with zero attached hydrogens (tertiary/aromatic N) is 1. The van der Waals surface area contributed by atoms with Crippen LogP contribution in [0.15, 0.2) is 49.6 Å². The molecule has 2 amide bonds. The second-order valence-corrected chi connectivity index (χ2v) is 13.3. The van der Waals surface area contributed by atoms with Crippen molar-refractivity contribution in [2.45, 2.75) is 71.6 Å². The van der Waals surface area contributed by atoms with Gasteiger partial charge in [-0.15, -0.1) is 6.58 Å². The Bertz CT molecular complexity index is 1390. The van der Waals surface area contributed by atoms with E-state index in [0.29, 0.717) is 5.75 Å². The van der Waals surface area contributed by atoms with Crippen LogP contribution in [0.4, 0.5) is 4.79 Å². The number of hydrogen-bond acceptors (Lipinski definition) is 7. The number of amides is 2. The van der Waals surface area contributed by atoms with E-state index in [1.165, 1.54) is 12.0 Å². The van der Waals surface area contributed by atoms with E-state index in [-0.39, 0.29) is 25.0 Å². The van der Waals surface area contributed by atoms with E-state index in [4.69, 9.17) is 18.9 Å². The highest BCUT2D eigenvalue weighted by atomic mass is 16.5. The first-order chi connectivity index (χ1) is 20.6. The first kappa shape index (κ1) is 34.6. The number of fused-ring (bicyclic) bond motifs is 1. The zero-order chi connectivity index (χ0) is 32.9. The van der Waals surface area contributed by atoms with Crippen molar-refractivity contribution < 1.29 is 33.3 Å². The number of esters is 1. The Morgan fingerprint density at radius 3 is 2.34 bits per heavy atom. The zero-order valence-electron chi connectivity index (χ0n) is 27.5. The zero-order valence-corrected chi connectivity index (χ0v) is 27.5. The van der Waals surface area contributed by atoms with Crippen molar-refractivity contribution in [1.29, 1.82) is 0 Å². The summed E-state index contributed by atoms with van der Waals surface area (Å²) >= 11 is 0. The summed E-state index contributed by atoms with van der Waals surface area (Å²) in [5.74, 6) is -0.269. The lowest BCUT2D eigenvalue weighted by Crippen LogP contribution is -2.57. The third-order valence-corrected chi connectivity index (χ3v) is 8.40. The van der Waals surface area contributed by atoms with Gasteiger partial charge < -0.3 is 29.2 Å². The molecule has 44 heavy (non-hydrogen) atoms. The molecule has 2 aromatic rings. The first-order valence-electron chi connectivity index (χ1n) is 14.9. The fraction of sp³-hybridized carbons (Fsp3) is 0.514. The molecule has 1 N–H and O–H groups in total. The molecule has 9 nitrogen and oxygen atoms in total. The van der Waals surface area contributed by atoms with Gasteiger partial charge in [-0.1, -0.05) is 65.5 Å². The number of carbonyl (C=O) groups excluding carboxylic acids is 3. The predicted octanol–water partition coefficient (Wildman–Crippen LogP) is 6.24. The molecular formula is C35H48N2O7. The number of hydrogen-bond donors (Lipinski definition) is 1. The molecule has 0 radical (unpaired) electrons. The molecule has 0 aromatic heterocycles. The van der Waals surface area contributed by atoms with Crippen molar-refractivity contribution in [3.63, 3.8) is 0 Å². The summed E-state index contributed by atoms with van der Waals surface area (Å²) in [6.45, 7) is 17.5. The Labute approximate surface area is 261 Å². The molecule has 1 aliphatic heterocycles. The fourth-order valence-corrected chi connectivity index (χ4v) is 5.64. The maximum absolute atomic E-state index is 14.3. The van der Waals surface area contributed by atoms with Gasteiger partial charge in [0.15, 0.2) is 0 Å². The Morgan fingerprint density at radius 2 is 1.77 bits per heavy atom. The minimum absolute atomic E-state index is 0.0793. The lowest BCUT2D eigenvalue weighted by atomic mass is 9.85. The summed E-state index contributed by atoms with van der Waals surface area (Å²) in [6.07, 6.45) is 4.64. The number of nitrogens with one attached hydrogen (secondary N) is 1. The van der Waals surface area contributed by atoms with Gasteiger partial charge in [-0.05, 0) is 58.2 Å². The second kappa shape index (κ2) is 13.8. The van der Waals surface area contributed by atoms with E-state index in [2.05, 4.69) is 18.5 Å². The number of likely N-dealkylation sites (tertiary alicyclic amines) is 1. The van der Waals surface area contributed by atoms with Gasteiger partial charge in [0.05, 0.1) is 27.4 Å². The van der Waals surface area contributed by atoms with Crippen molar-refractivity contribution in [2.24, 2.45) is 10.8 Å². The maximum Gasteiger partial charge on any atom is 0.407 e. The average Bonchev–Trinajstić information content (AvgIpc) is 3.41. The topological polar surface area (TPSA) is 103 Å². The Morgan fingerprint density at radius 1 is 1.07 bits per heavy atom. The van der Waals surface area contributed by atoms with Gasteiger partial charge >= 0.3 is 12.1 Å². The van der Waals surface area contributed by atoms with E-state index >= 15 is 0 Å². The van der Waals surface area contributed by atoms with Gasteiger partial charge in [0.25, 0.3) is 0 Å². The fourth-order valence-electron chi connectivity index (χ4n) is 5.64. The normalized spacial score (nSPS) is 19.3. The van der Waals surface area contributed by atoms with Gasteiger partial charge in [0, 0.05) is 19.1 Å². The smallest absolute Gasteiger partial charge is 0.407 e. The highest BCUT2D eigenvalue weighted by molar-refractivity contribution is 5.92. The van der Waals surface area contributed by atoms with E-state index in [1.54, 1.807) is 20.3 Å². The quantitative estimate of drug-likeness (QED) is 0.225. The molecule has 1 heterocycles. The number of benzene rings is 2. The number of carbonyl (C=O) groups is 3. The summed E-state index contributed by atoms with van der Waals surface area (Å²) in [6, 6.07) is 7.91. The van der Waals surface area contributed by atoms with Crippen LogP contribution >= 0.6 is 0 Å². The van der Waals surface area contributed by atoms with Crippen LogP contribution in [0.5, 0.6) is 5.75 Å². The van der Waals surface area contributed by atoms with Gasteiger partial charge in [-0.25, -0.2) is 9.59 Å². The van der Waals surface area contributed by atoms with Crippen LogP contribution in [-0.4, -0.2) is 69.4 Å². The van der Waals surface area contributed by atoms with Gasteiger partial charge in [-0.3, -0.25) is 4.79 Å². The molecule has 3 rings (SSSR count). The van der Waals surface area contributed by atoms with Gasteiger partial charge in [-0.2, -0.15) is 0 Å². The molecule has 1 saturated heterocycles. The molecule has 1 fully saturated rings. The van der Waals surface area contributed by atoms with E-state index in [1.807, 2.05) is 71.0 Å². The van der Waals surface area contributed by atoms with E-state index in [0.717, 1.165) is 34.7 Å². The molecule has 0 spiro atoms. The number of methoxy groups -OCH3 is 3. The summed E-state index contributed by atoms with van der Waals surface area (Å²) in [7, 11) is 4.48. The lowest BCUT2D eigenvalue weighted by Gasteiger charge is -2.35. The molecule has 9 heteroatoms. The number of rotatable bonds is 12. The monoisotopic (exact) mass is 608 g/mol. The van der Waals surface area contributed by atoms with Crippen molar-refractivity contribution >= 4 is 34.8 Å². The van der Waals surface area contributed by atoms with Crippen LogP contribution in [0.25, 0.3) is 16.8 Å². The lowest BCUT2D eigenvalue weighted by molar-refractivity contribution is -0.152. The minimum atomic E-state index is -1.00. The van der Waals surface area contributed by atoms with Crippen LogP contribution in [0.3, 0.4) is 0 Å². The Hall–Kier alpha value is -3.85. The van der Waals surface area contributed by atoms with Crippen LogP contribution < -0.4 is 10.1 Å². The molecule has 240 valence electrons. The average molecular weight is 609 g/mol. The van der Waals surface area contributed by atoms with Crippen molar-refractivity contribution in [3.8, 4) is 5.75 Å². The molecule has 1 aliphatic rings. The second-order valence-electron chi connectivity index (χ2n) is 13.3. The summed E-state index contributed by atoms with van der Waals surface area (Å²) in [4.78, 5) is 41.8.